The van der Waals surface area contributed by atoms with Crippen LogP contribution in [0, 0.1) is 12.7 Å². The Bertz CT molecular complexity index is 831. The second-order valence-electron chi connectivity index (χ2n) is 5.70. The van der Waals surface area contributed by atoms with Crippen molar-refractivity contribution < 1.29 is 4.39 Å². The lowest BCUT2D eigenvalue weighted by atomic mass is 10.1. The molecule has 0 bridgehead atoms. The second-order valence-corrected chi connectivity index (χ2v) is 6.14. The molecule has 1 heterocycles. The summed E-state index contributed by atoms with van der Waals surface area (Å²) >= 11 is 6.16. The standard InChI is InChI=1S/C18H17ClFN.C3H6/c1-3-16-12(2)21(11-13-4-7-15(20)8-5-13)18-10-14(19)6-9-17(16)18;1-3-2/h4-10H,3,11H2,1-2H3;3H,1H2,2H3. The first-order chi connectivity index (χ1) is 11.5. The van der Waals surface area contributed by atoms with E-state index < -0.39 is 0 Å². The Morgan fingerprint density at radius 2 is 1.79 bits per heavy atom. The minimum Gasteiger partial charge on any atom is -0.340 e. The van der Waals surface area contributed by atoms with Crippen molar-refractivity contribution in [2.45, 2.75) is 33.7 Å². The number of aromatic nitrogens is 1. The fourth-order valence-electron chi connectivity index (χ4n) is 2.94. The first kappa shape index (κ1) is 18.3. The molecule has 1 nitrogen and oxygen atoms in total. The monoisotopic (exact) mass is 343 g/mol. The molecule has 0 fully saturated rings. The third-order valence-electron chi connectivity index (χ3n) is 4.02. The van der Waals surface area contributed by atoms with Crippen LogP contribution < -0.4 is 0 Å². The van der Waals surface area contributed by atoms with Gasteiger partial charge in [0.05, 0.1) is 5.52 Å². The van der Waals surface area contributed by atoms with Crippen molar-refractivity contribution in [2.75, 3.05) is 0 Å². The van der Waals surface area contributed by atoms with Gasteiger partial charge in [-0.05, 0) is 55.7 Å². The molecular weight excluding hydrogens is 321 g/mol. The molecule has 0 atom stereocenters. The summed E-state index contributed by atoms with van der Waals surface area (Å²) in [7, 11) is 0. The second kappa shape index (κ2) is 8.16. The first-order valence-corrected chi connectivity index (χ1v) is 8.48. The minimum atomic E-state index is -0.204. The summed E-state index contributed by atoms with van der Waals surface area (Å²) in [5.41, 5.74) is 4.82. The molecule has 126 valence electrons. The topological polar surface area (TPSA) is 4.93 Å². The third-order valence-corrected chi connectivity index (χ3v) is 4.26. The van der Waals surface area contributed by atoms with Gasteiger partial charge in [-0.3, -0.25) is 0 Å². The molecule has 0 unspecified atom stereocenters. The number of benzene rings is 2. The smallest absolute Gasteiger partial charge is 0.123 e. The fraction of sp³-hybridized carbons (Fsp3) is 0.238. The van der Waals surface area contributed by atoms with E-state index in [1.807, 2.05) is 31.2 Å². The van der Waals surface area contributed by atoms with E-state index in [9.17, 15) is 4.39 Å². The highest BCUT2D eigenvalue weighted by molar-refractivity contribution is 6.31. The summed E-state index contributed by atoms with van der Waals surface area (Å²) < 4.78 is 15.3. The number of nitrogens with zero attached hydrogens (tertiary/aromatic N) is 1. The van der Waals surface area contributed by atoms with Gasteiger partial charge in [-0.25, -0.2) is 4.39 Å². The quantitative estimate of drug-likeness (QED) is 0.475. The van der Waals surface area contributed by atoms with E-state index in [2.05, 4.69) is 31.1 Å². The molecule has 0 aliphatic heterocycles. The van der Waals surface area contributed by atoms with Crippen LogP contribution in [-0.2, 0) is 13.0 Å². The molecule has 0 spiro atoms. The Balaban J connectivity index is 0.000000647. The Morgan fingerprint density at radius 1 is 1.17 bits per heavy atom. The molecule has 0 radical (unpaired) electrons. The van der Waals surface area contributed by atoms with Gasteiger partial charge in [-0.2, -0.15) is 0 Å². The van der Waals surface area contributed by atoms with Gasteiger partial charge in [0.2, 0.25) is 0 Å². The predicted molar refractivity (Wildman–Crippen MR) is 102 cm³/mol. The molecule has 0 saturated carbocycles. The zero-order valence-corrected chi connectivity index (χ0v) is 15.2. The van der Waals surface area contributed by atoms with Crippen molar-refractivity contribution in [1.82, 2.24) is 4.57 Å². The van der Waals surface area contributed by atoms with Crippen LogP contribution in [0.4, 0.5) is 4.39 Å². The van der Waals surface area contributed by atoms with E-state index >= 15 is 0 Å². The number of halogens is 2. The van der Waals surface area contributed by atoms with Gasteiger partial charge in [-0.1, -0.05) is 42.8 Å². The molecule has 3 rings (SSSR count). The van der Waals surface area contributed by atoms with Crippen molar-refractivity contribution in [3.8, 4) is 0 Å². The highest BCUT2D eigenvalue weighted by Gasteiger charge is 2.13. The molecular formula is C21H23ClFN. The Labute approximate surface area is 148 Å². The number of aryl methyl sites for hydroxylation is 1. The van der Waals surface area contributed by atoms with Gasteiger partial charge in [0, 0.05) is 22.6 Å². The van der Waals surface area contributed by atoms with Crippen LogP contribution in [0.5, 0.6) is 0 Å². The molecule has 0 N–H and O–H groups in total. The molecule has 3 heteroatoms. The maximum absolute atomic E-state index is 13.0. The largest absolute Gasteiger partial charge is 0.340 e. The molecule has 1 aromatic heterocycles. The van der Waals surface area contributed by atoms with Crippen molar-refractivity contribution >= 4 is 22.5 Å². The van der Waals surface area contributed by atoms with Crippen LogP contribution in [0.15, 0.2) is 55.1 Å². The van der Waals surface area contributed by atoms with Crippen molar-refractivity contribution in [3.63, 3.8) is 0 Å². The zero-order chi connectivity index (χ0) is 17.7. The van der Waals surface area contributed by atoms with Gasteiger partial charge in [-0.15, -0.1) is 6.58 Å². The van der Waals surface area contributed by atoms with Crippen molar-refractivity contribution in [1.29, 1.82) is 0 Å². The number of allylic oxidation sites excluding steroid dienone is 1. The van der Waals surface area contributed by atoms with Crippen molar-refractivity contribution in [3.05, 3.63) is 82.8 Å². The maximum Gasteiger partial charge on any atom is 0.123 e. The molecule has 0 amide bonds. The fourth-order valence-corrected chi connectivity index (χ4v) is 3.11. The highest BCUT2D eigenvalue weighted by Crippen LogP contribution is 2.29. The molecule has 2 aromatic carbocycles. The van der Waals surface area contributed by atoms with Crippen LogP contribution in [0.25, 0.3) is 10.9 Å². The van der Waals surface area contributed by atoms with E-state index in [1.54, 1.807) is 6.08 Å². The summed E-state index contributed by atoms with van der Waals surface area (Å²) in [4.78, 5) is 0. The van der Waals surface area contributed by atoms with Gasteiger partial charge in [0.25, 0.3) is 0 Å². The average Bonchev–Trinajstić information content (AvgIpc) is 2.81. The first-order valence-electron chi connectivity index (χ1n) is 8.10. The van der Waals surface area contributed by atoms with Gasteiger partial charge in [0.15, 0.2) is 0 Å². The third kappa shape index (κ3) is 3.88. The van der Waals surface area contributed by atoms with E-state index in [0.717, 1.165) is 29.1 Å². The summed E-state index contributed by atoms with van der Waals surface area (Å²) in [6.07, 6.45) is 2.74. The van der Waals surface area contributed by atoms with Crippen LogP contribution in [-0.4, -0.2) is 4.57 Å². The minimum absolute atomic E-state index is 0.204. The highest BCUT2D eigenvalue weighted by atomic mass is 35.5. The maximum atomic E-state index is 13.0. The van der Waals surface area contributed by atoms with Crippen LogP contribution >= 0.6 is 11.6 Å². The predicted octanol–water partition coefficient (Wildman–Crippen LogP) is 6.55. The number of hydrogen-bond acceptors (Lipinski definition) is 0. The van der Waals surface area contributed by atoms with Gasteiger partial charge < -0.3 is 4.57 Å². The lowest BCUT2D eigenvalue weighted by Gasteiger charge is -2.09. The summed E-state index contributed by atoms with van der Waals surface area (Å²) in [6, 6.07) is 12.7. The van der Waals surface area contributed by atoms with E-state index in [4.69, 9.17) is 11.6 Å². The molecule has 3 aromatic rings. The Kier molecular flexibility index (Phi) is 6.22. The van der Waals surface area contributed by atoms with E-state index in [1.165, 1.54) is 28.8 Å². The Hall–Kier alpha value is -2.06. The van der Waals surface area contributed by atoms with Crippen LogP contribution in [0.1, 0.15) is 30.7 Å². The summed E-state index contributed by atoms with van der Waals surface area (Å²) in [5.74, 6) is -0.204. The molecule has 0 aliphatic rings. The lowest BCUT2D eigenvalue weighted by Crippen LogP contribution is -2.02. The molecule has 0 saturated heterocycles. The Morgan fingerprint density at radius 3 is 2.38 bits per heavy atom. The van der Waals surface area contributed by atoms with Gasteiger partial charge in [0.1, 0.15) is 5.82 Å². The van der Waals surface area contributed by atoms with Gasteiger partial charge >= 0.3 is 0 Å². The molecule has 0 aliphatic carbocycles. The summed E-state index contributed by atoms with van der Waals surface area (Å²) in [5, 5.41) is 1.99. The van der Waals surface area contributed by atoms with E-state index in [-0.39, 0.29) is 5.82 Å². The zero-order valence-electron chi connectivity index (χ0n) is 14.4. The van der Waals surface area contributed by atoms with Crippen LogP contribution in [0.3, 0.4) is 0 Å². The number of fused-ring (bicyclic) bond motifs is 1. The van der Waals surface area contributed by atoms with E-state index in [0.29, 0.717) is 0 Å². The number of rotatable bonds is 3. The number of hydrogen-bond donors (Lipinski definition) is 0. The normalized spacial score (nSPS) is 10.4. The lowest BCUT2D eigenvalue weighted by molar-refractivity contribution is 0.626. The molecule has 24 heavy (non-hydrogen) atoms. The average molecular weight is 344 g/mol. The summed E-state index contributed by atoms with van der Waals surface area (Å²) in [6.45, 7) is 10.3. The SMILES string of the molecule is C=CC.CCc1c(C)n(Cc2ccc(F)cc2)c2cc(Cl)ccc12. The van der Waals surface area contributed by atoms with Crippen LogP contribution in [0.2, 0.25) is 5.02 Å². The van der Waals surface area contributed by atoms with Crippen molar-refractivity contribution in [2.24, 2.45) is 0 Å².